The van der Waals surface area contributed by atoms with E-state index in [-0.39, 0.29) is 6.10 Å². The molecule has 0 unspecified atom stereocenters. The highest BCUT2D eigenvalue weighted by molar-refractivity contribution is 5.51. The Labute approximate surface area is 108 Å². The summed E-state index contributed by atoms with van der Waals surface area (Å²) >= 11 is 0. The summed E-state index contributed by atoms with van der Waals surface area (Å²) in [6.45, 7) is 3.40. The highest BCUT2D eigenvalue weighted by Crippen LogP contribution is 2.36. The Balaban J connectivity index is 2.50. The van der Waals surface area contributed by atoms with Gasteiger partial charge in [-0.15, -0.1) is 0 Å². The molecule has 1 aromatic carbocycles. The highest BCUT2D eigenvalue weighted by atomic mass is 16.5. The van der Waals surface area contributed by atoms with E-state index in [9.17, 15) is 0 Å². The number of methoxy groups -OCH3 is 2. The third-order valence-corrected chi connectivity index (χ3v) is 2.35. The van der Waals surface area contributed by atoms with Gasteiger partial charge in [0.05, 0.1) is 20.3 Å². The van der Waals surface area contributed by atoms with Gasteiger partial charge in [-0.05, 0) is 19.1 Å². The van der Waals surface area contributed by atoms with Crippen LogP contribution < -0.4 is 19.5 Å². The van der Waals surface area contributed by atoms with Crippen molar-refractivity contribution in [2.45, 2.75) is 13.0 Å². The van der Waals surface area contributed by atoms with Crippen LogP contribution in [0.4, 0.5) is 0 Å². The molecule has 0 aliphatic heterocycles. The van der Waals surface area contributed by atoms with Crippen LogP contribution in [0.3, 0.4) is 0 Å². The van der Waals surface area contributed by atoms with Crippen LogP contribution in [-0.4, -0.2) is 45.1 Å². The van der Waals surface area contributed by atoms with E-state index in [2.05, 4.69) is 5.32 Å². The lowest BCUT2D eigenvalue weighted by atomic mass is 10.3. The van der Waals surface area contributed by atoms with Gasteiger partial charge in [0.1, 0.15) is 6.61 Å². The Morgan fingerprint density at radius 1 is 1.22 bits per heavy atom. The Kier molecular flexibility index (Phi) is 6.32. The number of rotatable bonds is 8. The van der Waals surface area contributed by atoms with E-state index in [1.807, 2.05) is 18.2 Å². The van der Waals surface area contributed by atoms with Crippen molar-refractivity contribution in [2.75, 3.05) is 33.9 Å². The van der Waals surface area contributed by atoms with Crippen molar-refractivity contribution in [3.8, 4) is 17.2 Å². The molecular formula is C13H21NO4. The third kappa shape index (κ3) is 4.43. The molecule has 0 saturated carbocycles. The largest absolute Gasteiger partial charge is 0.493 e. The molecule has 0 heterocycles. The summed E-state index contributed by atoms with van der Waals surface area (Å²) < 4.78 is 16.1. The van der Waals surface area contributed by atoms with E-state index in [0.29, 0.717) is 36.9 Å². The maximum atomic E-state index is 9.09. The molecule has 1 aromatic rings. The van der Waals surface area contributed by atoms with Gasteiger partial charge < -0.3 is 24.6 Å². The maximum absolute atomic E-state index is 9.09. The lowest BCUT2D eigenvalue weighted by Gasteiger charge is -2.14. The van der Waals surface area contributed by atoms with Crippen molar-refractivity contribution < 1.29 is 19.3 Å². The van der Waals surface area contributed by atoms with E-state index in [1.165, 1.54) is 0 Å². The zero-order valence-corrected chi connectivity index (χ0v) is 11.1. The Bertz CT molecular complexity index is 333. The van der Waals surface area contributed by atoms with Gasteiger partial charge in [-0.3, -0.25) is 0 Å². The minimum atomic E-state index is -0.356. The van der Waals surface area contributed by atoms with E-state index in [0.717, 1.165) is 0 Å². The second kappa shape index (κ2) is 7.79. The van der Waals surface area contributed by atoms with Crippen molar-refractivity contribution in [3.63, 3.8) is 0 Å². The first-order chi connectivity index (χ1) is 8.69. The van der Waals surface area contributed by atoms with Gasteiger partial charge in [0.25, 0.3) is 0 Å². The van der Waals surface area contributed by atoms with Crippen LogP contribution in [0.2, 0.25) is 0 Å². The van der Waals surface area contributed by atoms with Crippen LogP contribution in [0, 0.1) is 0 Å². The van der Waals surface area contributed by atoms with Gasteiger partial charge in [-0.1, -0.05) is 6.07 Å². The van der Waals surface area contributed by atoms with E-state index < -0.39 is 0 Å². The molecule has 0 aliphatic rings. The topological polar surface area (TPSA) is 60.0 Å². The maximum Gasteiger partial charge on any atom is 0.203 e. The fraction of sp³-hybridized carbons (Fsp3) is 0.538. The number of aliphatic hydroxyl groups excluding tert-OH is 1. The number of aliphatic hydroxyl groups is 1. The molecule has 0 aromatic heterocycles. The first-order valence-corrected chi connectivity index (χ1v) is 5.91. The van der Waals surface area contributed by atoms with Crippen LogP contribution in [0.15, 0.2) is 18.2 Å². The molecule has 0 radical (unpaired) electrons. The van der Waals surface area contributed by atoms with Crippen molar-refractivity contribution in [1.82, 2.24) is 5.32 Å². The number of para-hydroxylation sites is 1. The quantitative estimate of drug-likeness (QED) is 0.680. The van der Waals surface area contributed by atoms with Crippen LogP contribution in [0.5, 0.6) is 17.2 Å². The van der Waals surface area contributed by atoms with Crippen molar-refractivity contribution in [1.29, 1.82) is 0 Å². The monoisotopic (exact) mass is 255 g/mol. The lowest BCUT2D eigenvalue weighted by Crippen LogP contribution is -2.28. The molecule has 18 heavy (non-hydrogen) atoms. The van der Waals surface area contributed by atoms with Crippen molar-refractivity contribution in [3.05, 3.63) is 18.2 Å². The van der Waals surface area contributed by atoms with Crippen LogP contribution in [0.25, 0.3) is 0 Å². The smallest absolute Gasteiger partial charge is 0.203 e. The Hall–Kier alpha value is -1.46. The summed E-state index contributed by atoms with van der Waals surface area (Å²) in [5.41, 5.74) is 0. The summed E-state index contributed by atoms with van der Waals surface area (Å²) in [5.74, 6) is 1.89. The molecule has 0 saturated heterocycles. The molecule has 102 valence electrons. The number of ether oxygens (including phenoxy) is 3. The van der Waals surface area contributed by atoms with Crippen molar-refractivity contribution >= 4 is 0 Å². The van der Waals surface area contributed by atoms with Crippen LogP contribution in [0.1, 0.15) is 6.92 Å². The molecule has 1 atom stereocenters. The summed E-state index contributed by atoms with van der Waals surface area (Å²) in [7, 11) is 3.18. The number of nitrogens with one attached hydrogen (secondary N) is 1. The lowest BCUT2D eigenvalue weighted by molar-refractivity contribution is 0.187. The molecule has 0 amide bonds. The normalized spacial score (nSPS) is 12.0. The summed E-state index contributed by atoms with van der Waals surface area (Å²) in [6.07, 6.45) is -0.356. The van der Waals surface area contributed by atoms with Crippen LogP contribution in [-0.2, 0) is 0 Å². The minimum absolute atomic E-state index is 0.356. The summed E-state index contributed by atoms with van der Waals surface area (Å²) in [6, 6.07) is 5.48. The third-order valence-electron chi connectivity index (χ3n) is 2.35. The fourth-order valence-corrected chi connectivity index (χ4v) is 1.50. The van der Waals surface area contributed by atoms with Gasteiger partial charge in [0.15, 0.2) is 11.5 Å². The molecule has 0 spiro atoms. The second-order valence-corrected chi connectivity index (χ2v) is 3.89. The first-order valence-electron chi connectivity index (χ1n) is 5.91. The number of hydrogen-bond donors (Lipinski definition) is 2. The average molecular weight is 255 g/mol. The van der Waals surface area contributed by atoms with Gasteiger partial charge in [0.2, 0.25) is 5.75 Å². The molecule has 0 aliphatic carbocycles. The molecule has 5 heteroatoms. The van der Waals surface area contributed by atoms with Gasteiger partial charge in [-0.25, -0.2) is 0 Å². The molecule has 1 rings (SSSR count). The minimum Gasteiger partial charge on any atom is -0.493 e. The van der Waals surface area contributed by atoms with Gasteiger partial charge >= 0.3 is 0 Å². The van der Waals surface area contributed by atoms with Crippen molar-refractivity contribution in [2.24, 2.45) is 0 Å². The number of hydrogen-bond acceptors (Lipinski definition) is 5. The Morgan fingerprint density at radius 3 is 2.33 bits per heavy atom. The predicted molar refractivity (Wildman–Crippen MR) is 69.6 cm³/mol. The van der Waals surface area contributed by atoms with Gasteiger partial charge in [-0.2, -0.15) is 0 Å². The number of benzene rings is 1. The van der Waals surface area contributed by atoms with Gasteiger partial charge in [0, 0.05) is 13.1 Å². The molecule has 0 fully saturated rings. The SMILES string of the molecule is COc1cccc(OC)c1OCCNC[C@@H](C)O. The average Bonchev–Trinajstić information content (AvgIpc) is 2.37. The standard InChI is InChI=1S/C13H21NO4/c1-10(15)9-14-7-8-18-13-11(16-2)5-4-6-12(13)17-3/h4-6,10,14-15H,7-9H2,1-3H3/t10-/m1/s1. The first kappa shape index (κ1) is 14.6. The molecule has 5 nitrogen and oxygen atoms in total. The van der Waals surface area contributed by atoms with E-state index in [1.54, 1.807) is 21.1 Å². The van der Waals surface area contributed by atoms with Crippen LogP contribution >= 0.6 is 0 Å². The second-order valence-electron chi connectivity index (χ2n) is 3.89. The van der Waals surface area contributed by atoms with E-state index >= 15 is 0 Å². The predicted octanol–water partition coefficient (Wildman–Crippen LogP) is 1.05. The highest BCUT2D eigenvalue weighted by Gasteiger charge is 2.10. The fourth-order valence-electron chi connectivity index (χ4n) is 1.50. The Morgan fingerprint density at radius 2 is 1.83 bits per heavy atom. The zero-order valence-electron chi connectivity index (χ0n) is 11.1. The molecule has 2 N–H and O–H groups in total. The summed E-state index contributed by atoms with van der Waals surface area (Å²) in [4.78, 5) is 0. The zero-order chi connectivity index (χ0) is 13.4. The molecular weight excluding hydrogens is 234 g/mol. The summed E-state index contributed by atoms with van der Waals surface area (Å²) in [5, 5.41) is 12.2. The van der Waals surface area contributed by atoms with E-state index in [4.69, 9.17) is 19.3 Å². The molecule has 0 bridgehead atoms.